The molecule has 0 fully saturated rings. The molecule has 82 valence electrons. The van der Waals surface area contributed by atoms with Crippen molar-refractivity contribution >= 4 is 0 Å². The van der Waals surface area contributed by atoms with Crippen molar-refractivity contribution in [3.05, 3.63) is 23.8 Å². The van der Waals surface area contributed by atoms with Gasteiger partial charge in [-0.25, -0.2) is 0 Å². The number of hydrogen-bond acceptors (Lipinski definition) is 4. The molecule has 0 amide bonds. The number of ether oxygens (including phenoxy) is 2. The molecular weight excluding hydrogens is 194 g/mol. The first kappa shape index (κ1) is 10.3. The second-order valence-corrected chi connectivity index (χ2v) is 3.46. The first-order valence-electron chi connectivity index (χ1n) is 5.09. The quantitative estimate of drug-likeness (QED) is 0.774. The largest absolute Gasteiger partial charge is 0.486 e. The van der Waals surface area contributed by atoms with Crippen LogP contribution in [0, 0.1) is 0 Å². The molecule has 2 rings (SSSR count). The molecule has 1 aromatic carbocycles. The van der Waals surface area contributed by atoms with Gasteiger partial charge in [-0.3, -0.25) is 0 Å². The van der Waals surface area contributed by atoms with Gasteiger partial charge in [0.2, 0.25) is 0 Å². The van der Waals surface area contributed by atoms with Crippen LogP contribution in [0.2, 0.25) is 0 Å². The number of aliphatic hydroxyl groups is 1. The van der Waals surface area contributed by atoms with Gasteiger partial charge < -0.3 is 20.3 Å². The van der Waals surface area contributed by atoms with Gasteiger partial charge in [0.15, 0.2) is 11.5 Å². The van der Waals surface area contributed by atoms with Gasteiger partial charge in [-0.2, -0.15) is 0 Å². The van der Waals surface area contributed by atoms with Crippen LogP contribution < -0.4 is 15.2 Å². The Balaban J connectivity index is 2.30. The molecule has 0 saturated carbocycles. The van der Waals surface area contributed by atoms with E-state index in [0.717, 1.165) is 5.56 Å². The maximum Gasteiger partial charge on any atom is 0.167 e. The average Bonchev–Trinajstić information content (AvgIpc) is 2.28. The van der Waals surface area contributed by atoms with Gasteiger partial charge in [-0.15, -0.1) is 0 Å². The normalized spacial score (nSPS) is 16.1. The van der Waals surface area contributed by atoms with Crippen LogP contribution in [0.25, 0.3) is 0 Å². The first-order valence-corrected chi connectivity index (χ1v) is 5.09. The summed E-state index contributed by atoms with van der Waals surface area (Å²) in [6, 6.07) is 5.53. The summed E-state index contributed by atoms with van der Waals surface area (Å²) in [4.78, 5) is 0. The monoisotopic (exact) mass is 209 g/mol. The standard InChI is InChI=1S/C11H15NO3/c12-5-4-9(13)8-2-1-3-10-11(8)15-7-6-14-10/h1-3,9,13H,4-7,12H2. The Hall–Kier alpha value is -1.26. The van der Waals surface area contributed by atoms with Crippen molar-refractivity contribution in [2.24, 2.45) is 5.73 Å². The third kappa shape index (κ3) is 2.06. The van der Waals surface area contributed by atoms with E-state index in [1.54, 1.807) is 0 Å². The summed E-state index contributed by atoms with van der Waals surface area (Å²) in [6.07, 6.45) is -0.0496. The SMILES string of the molecule is NCCC(O)c1cccc2c1OCCO2. The topological polar surface area (TPSA) is 64.7 Å². The summed E-state index contributed by atoms with van der Waals surface area (Å²) >= 11 is 0. The van der Waals surface area contributed by atoms with Crippen molar-refractivity contribution in [3.63, 3.8) is 0 Å². The molecule has 4 nitrogen and oxygen atoms in total. The lowest BCUT2D eigenvalue weighted by atomic mass is 10.0. The van der Waals surface area contributed by atoms with E-state index in [9.17, 15) is 5.11 Å². The summed E-state index contributed by atoms with van der Waals surface area (Å²) in [5, 5.41) is 9.86. The van der Waals surface area contributed by atoms with Crippen LogP contribution in [0.15, 0.2) is 18.2 Å². The third-order valence-electron chi connectivity index (χ3n) is 2.40. The highest BCUT2D eigenvalue weighted by atomic mass is 16.6. The fourth-order valence-electron chi connectivity index (χ4n) is 1.67. The minimum Gasteiger partial charge on any atom is -0.486 e. The highest BCUT2D eigenvalue weighted by molar-refractivity contribution is 5.48. The molecule has 1 unspecified atom stereocenters. The number of nitrogens with two attached hydrogens (primary N) is 1. The molecule has 1 aromatic rings. The molecule has 0 spiro atoms. The van der Waals surface area contributed by atoms with Gasteiger partial charge in [-0.05, 0) is 19.0 Å². The highest BCUT2D eigenvalue weighted by Crippen LogP contribution is 2.37. The minimum absolute atomic E-state index is 0.450. The van der Waals surface area contributed by atoms with Crippen LogP contribution in [0.4, 0.5) is 0 Å². The third-order valence-corrected chi connectivity index (χ3v) is 2.40. The molecule has 15 heavy (non-hydrogen) atoms. The molecular formula is C11H15NO3. The van der Waals surface area contributed by atoms with E-state index in [4.69, 9.17) is 15.2 Å². The number of aliphatic hydroxyl groups excluding tert-OH is 1. The Bertz CT molecular complexity index is 341. The first-order chi connectivity index (χ1) is 7.33. The predicted octanol–water partition coefficient (Wildman–Crippen LogP) is 0.840. The van der Waals surface area contributed by atoms with Crippen LogP contribution in [0.1, 0.15) is 18.1 Å². The molecule has 3 N–H and O–H groups in total. The molecule has 1 heterocycles. The lowest BCUT2D eigenvalue weighted by molar-refractivity contribution is 0.142. The van der Waals surface area contributed by atoms with E-state index in [1.165, 1.54) is 0 Å². The summed E-state index contributed by atoms with van der Waals surface area (Å²) in [6.45, 7) is 1.54. The summed E-state index contributed by atoms with van der Waals surface area (Å²) in [7, 11) is 0. The fraction of sp³-hybridized carbons (Fsp3) is 0.455. The van der Waals surface area contributed by atoms with Crippen molar-refractivity contribution < 1.29 is 14.6 Å². The number of hydrogen-bond donors (Lipinski definition) is 2. The van der Waals surface area contributed by atoms with Gasteiger partial charge in [0, 0.05) is 5.56 Å². The number of rotatable bonds is 3. The number of fused-ring (bicyclic) bond motifs is 1. The summed E-state index contributed by atoms with van der Waals surface area (Å²) in [5.41, 5.74) is 6.17. The molecule has 1 aliphatic rings. The second kappa shape index (κ2) is 4.51. The number of para-hydroxylation sites is 1. The molecule has 0 aliphatic carbocycles. The zero-order chi connectivity index (χ0) is 10.7. The van der Waals surface area contributed by atoms with Crippen molar-refractivity contribution in [1.82, 2.24) is 0 Å². The predicted molar refractivity (Wildman–Crippen MR) is 56.1 cm³/mol. The molecule has 4 heteroatoms. The molecule has 0 saturated heterocycles. The van der Waals surface area contributed by atoms with Crippen LogP contribution in [-0.4, -0.2) is 24.9 Å². The van der Waals surface area contributed by atoms with E-state index in [0.29, 0.717) is 37.7 Å². The second-order valence-electron chi connectivity index (χ2n) is 3.46. The zero-order valence-electron chi connectivity index (χ0n) is 8.48. The molecule has 0 radical (unpaired) electrons. The Kier molecular flexibility index (Phi) is 3.08. The highest BCUT2D eigenvalue weighted by Gasteiger charge is 2.19. The molecule has 1 aliphatic heterocycles. The Morgan fingerprint density at radius 2 is 2.13 bits per heavy atom. The van der Waals surface area contributed by atoms with E-state index in [-0.39, 0.29) is 0 Å². The Morgan fingerprint density at radius 3 is 2.93 bits per heavy atom. The molecule has 1 atom stereocenters. The zero-order valence-corrected chi connectivity index (χ0v) is 8.48. The van der Waals surface area contributed by atoms with Gasteiger partial charge in [0.1, 0.15) is 13.2 Å². The lowest BCUT2D eigenvalue weighted by Crippen LogP contribution is -2.18. The van der Waals surface area contributed by atoms with Crippen LogP contribution in [0.5, 0.6) is 11.5 Å². The minimum atomic E-state index is -0.577. The van der Waals surface area contributed by atoms with Crippen molar-refractivity contribution in [1.29, 1.82) is 0 Å². The maximum absolute atomic E-state index is 9.86. The average molecular weight is 209 g/mol. The maximum atomic E-state index is 9.86. The van der Waals surface area contributed by atoms with Gasteiger partial charge in [0.25, 0.3) is 0 Å². The van der Waals surface area contributed by atoms with Gasteiger partial charge in [0.05, 0.1) is 6.10 Å². The Morgan fingerprint density at radius 1 is 1.33 bits per heavy atom. The van der Waals surface area contributed by atoms with Crippen LogP contribution in [0.3, 0.4) is 0 Å². The van der Waals surface area contributed by atoms with Gasteiger partial charge >= 0.3 is 0 Å². The number of benzene rings is 1. The van der Waals surface area contributed by atoms with Crippen molar-refractivity contribution in [2.45, 2.75) is 12.5 Å². The van der Waals surface area contributed by atoms with Crippen molar-refractivity contribution in [2.75, 3.05) is 19.8 Å². The van der Waals surface area contributed by atoms with Gasteiger partial charge in [-0.1, -0.05) is 12.1 Å². The Labute approximate surface area is 88.6 Å². The lowest BCUT2D eigenvalue weighted by Gasteiger charge is -2.22. The molecule has 0 aromatic heterocycles. The summed E-state index contributed by atoms with van der Waals surface area (Å²) in [5.74, 6) is 1.36. The fourth-order valence-corrected chi connectivity index (χ4v) is 1.67. The smallest absolute Gasteiger partial charge is 0.167 e. The van der Waals surface area contributed by atoms with E-state index in [2.05, 4.69) is 0 Å². The molecule has 0 bridgehead atoms. The van der Waals surface area contributed by atoms with E-state index < -0.39 is 6.10 Å². The van der Waals surface area contributed by atoms with Crippen LogP contribution in [-0.2, 0) is 0 Å². The van der Waals surface area contributed by atoms with E-state index >= 15 is 0 Å². The van der Waals surface area contributed by atoms with Crippen molar-refractivity contribution in [3.8, 4) is 11.5 Å². The summed E-state index contributed by atoms with van der Waals surface area (Å²) < 4.78 is 10.9. The van der Waals surface area contributed by atoms with E-state index in [1.807, 2.05) is 18.2 Å². The van der Waals surface area contributed by atoms with Crippen LogP contribution >= 0.6 is 0 Å².